The van der Waals surface area contributed by atoms with Crippen molar-refractivity contribution in [2.75, 3.05) is 27.2 Å². The first-order valence-electron chi connectivity index (χ1n) is 8.73. The fraction of sp³-hybridized carbons (Fsp3) is 0.421. The Hall–Kier alpha value is -2.83. The molecule has 2 aliphatic rings. The van der Waals surface area contributed by atoms with Gasteiger partial charge in [0.25, 0.3) is 5.91 Å². The van der Waals surface area contributed by atoms with Gasteiger partial charge in [0.1, 0.15) is 18.1 Å². The van der Waals surface area contributed by atoms with Gasteiger partial charge in [-0.15, -0.1) is 0 Å². The summed E-state index contributed by atoms with van der Waals surface area (Å²) in [6.45, 7) is 1.30. The number of carbonyl (C=O) groups is 2. The maximum atomic E-state index is 13.0. The van der Waals surface area contributed by atoms with Gasteiger partial charge >= 0.3 is 0 Å². The Balaban J connectivity index is 1.51. The van der Waals surface area contributed by atoms with Crippen LogP contribution in [-0.2, 0) is 24.2 Å². The topological polar surface area (TPSA) is 75.9 Å². The minimum Gasteiger partial charge on any atom is -0.492 e. The lowest BCUT2D eigenvalue weighted by atomic mass is 9.94. The van der Waals surface area contributed by atoms with Gasteiger partial charge in [-0.05, 0) is 18.1 Å². The van der Waals surface area contributed by atoms with Gasteiger partial charge < -0.3 is 19.1 Å². The first kappa shape index (κ1) is 16.6. The van der Waals surface area contributed by atoms with E-state index in [4.69, 9.17) is 9.26 Å². The van der Waals surface area contributed by atoms with Crippen LogP contribution in [0.25, 0.3) is 0 Å². The predicted molar refractivity (Wildman–Crippen MR) is 92.8 cm³/mol. The van der Waals surface area contributed by atoms with E-state index in [1.54, 1.807) is 19.0 Å². The third-order valence-electron chi connectivity index (χ3n) is 4.98. The van der Waals surface area contributed by atoms with Crippen molar-refractivity contribution in [3.05, 3.63) is 46.8 Å². The van der Waals surface area contributed by atoms with E-state index in [1.165, 1.54) is 4.90 Å². The van der Waals surface area contributed by atoms with Crippen molar-refractivity contribution in [2.24, 2.45) is 5.92 Å². The fourth-order valence-corrected chi connectivity index (χ4v) is 3.52. The Labute approximate surface area is 151 Å². The molecule has 3 heterocycles. The highest BCUT2D eigenvalue weighted by Gasteiger charge is 2.34. The molecule has 1 aromatic carbocycles. The van der Waals surface area contributed by atoms with Crippen LogP contribution in [-0.4, -0.2) is 54.0 Å². The quantitative estimate of drug-likeness (QED) is 0.816. The van der Waals surface area contributed by atoms with Crippen LogP contribution in [0.5, 0.6) is 5.75 Å². The van der Waals surface area contributed by atoms with E-state index >= 15 is 0 Å². The molecule has 0 unspecified atom stereocenters. The molecule has 26 heavy (non-hydrogen) atoms. The second-order valence-corrected chi connectivity index (χ2v) is 6.96. The molecule has 0 saturated heterocycles. The van der Waals surface area contributed by atoms with Crippen LogP contribution in [0, 0.1) is 5.92 Å². The molecule has 4 rings (SSSR count). The summed E-state index contributed by atoms with van der Waals surface area (Å²) in [7, 11) is 3.35. The van der Waals surface area contributed by atoms with Gasteiger partial charge in [0.05, 0.1) is 12.5 Å². The van der Waals surface area contributed by atoms with E-state index in [9.17, 15) is 9.59 Å². The van der Waals surface area contributed by atoms with E-state index in [0.717, 1.165) is 16.9 Å². The number of benzene rings is 1. The van der Waals surface area contributed by atoms with Crippen LogP contribution >= 0.6 is 0 Å². The van der Waals surface area contributed by atoms with E-state index in [0.29, 0.717) is 44.0 Å². The lowest BCUT2D eigenvalue weighted by Crippen LogP contribution is -2.43. The first-order chi connectivity index (χ1) is 12.5. The summed E-state index contributed by atoms with van der Waals surface area (Å²) < 4.78 is 11.1. The molecule has 1 aromatic heterocycles. The Morgan fingerprint density at radius 3 is 2.88 bits per heavy atom. The third-order valence-corrected chi connectivity index (χ3v) is 4.98. The SMILES string of the molecule is CN(C)C(=O)c1noc2c1CN(C(=O)[C@@H]1COc3ccccc3C1)CC2. The zero-order valence-electron chi connectivity index (χ0n) is 14.9. The number of hydrogen-bond donors (Lipinski definition) is 0. The van der Waals surface area contributed by atoms with Crippen molar-refractivity contribution >= 4 is 11.8 Å². The highest BCUT2D eigenvalue weighted by atomic mass is 16.5. The molecule has 0 spiro atoms. The smallest absolute Gasteiger partial charge is 0.275 e. The van der Waals surface area contributed by atoms with Crippen LogP contribution in [0.1, 0.15) is 27.4 Å². The van der Waals surface area contributed by atoms with Crippen LogP contribution in [0.2, 0.25) is 0 Å². The van der Waals surface area contributed by atoms with Gasteiger partial charge in [-0.25, -0.2) is 0 Å². The molecule has 2 aromatic rings. The third kappa shape index (κ3) is 2.83. The number of para-hydroxylation sites is 1. The molecule has 0 radical (unpaired) electrons. The fourth-order valence-electron chi connectivity index (χ4n) is 3.52. The van der Waals surface area contributed by atoms with Gasteiger partial charge in [0.15, 0.2) is 5.69 Å². The van der Waals surface area contributed by atoms with Gasteiger partial charge in [0, 0.05) is 32.6 Å². The summed E-state index contributed by atoms with van der Waals surface area (Å²) in [6, 6.07) is 7.82. The zero-order chi connectivity index (χ0) is 18.3. The van der Waals surface area contributed by atoms with Crippen LogP contribution in [0.15, 0.2) is 28.8 Å². The van der Waals surface area contributed by atoms with E-state index in [2.05, 4.69) is 5.16 Å². The molecule has 2 amide bonds. The number of fused-ring (bicyclic) bond motifs is 2. The molecule has 7 heteroatoms. The minimum absolute atomic E-state index is 0.0506. The number of ether oxygens (including phenoxy) is 1. The highest BCUT2D eigenvalue weighted by Crippen LogP contribution is 2.30. The Kier molecular flexibility index (Phi) is 4.14. The second-order valence-electron chi connectivity index (χ2n) is 6.96. The van der Waals surface area contributed by atoms with Crippen molar-refractivity contribution in [2.45, 2.75) is 19.4 Å². The molecular formula is C19H21N3O4. The average Bonchev–Trinajstić information content (AvgIpc) is 3.09. The summed E-state index contributed by atoms with van der Waals surface area (Å²) in [5.41, 5.74) is 2.08. The number of rotatable bonds is 2. The molecule has 1 atom stereocenters. The van der Waals surface area contributed by atoms with Gasteiger partial charge in [-0.2, -0.15) is 0 Å². The summed E-state index contributed by atoms with van der Waals surface area (Å²) in [6.07, 6.45) is 1.24. The van der Waals surface area contributed by atoms with Crippen molar-refractivity contribution in [1.29, 1.82) is 0 Å². The molecular weight excluding hydrogens is 334 g/mol. The van der Waals surface area contributed by atoms with Crippen molar-refractivity contribution in [3.8, 4) is 5.75 Å². The first-order valence-corrected chi connectivity index (χ1v) is 8.73. The lowest BCUT2D eigenvalue weighted by Gasteiger charge is -2.32. The lowest BCUT2D eigenvalue weighted by molar-refractivity contribution is -0.138. The molecule has 0 bridgehead atoms. The Bertz CT molecular complexity index is 858. The Morgan fingerprint density at radius 2 is 2.08 bits per heavy atom. The van der Waals surface area contributed by atoms with Gasteiger partial charge in [-0.3, -0.25) is 9.59 Å². The molecule has 136 valence electrons. The molecule has 2 aliphatic heterocycles. The summed E-state index contributed by atoms with van der Waals surface area (Å²) in [5, 5.41) is 3.93. The van der Waals surface area contributed by atoms with E-state index in [-0.39, 0.29) is 17.7 Å². The summed E-state index contributed by atoms with van der Waals surface area (Å²) in [5.74, 6) is 1.19. The maximum absolute atomic E-state index is 13.0. The summed E-state index contributed by atoms with van der Waals surface area (Å²) in [4.78, 5) is 28.5. The van der Waals surface area contributed by atoms with E-state index in [1.807, 2.05) is 24.3 Å². The monoisotopic (exact) mass is 355 g/mol. The Morgan fingerprint density at radius 1 is 1.27 bits per heavy atom. The van der Waals surface area contributed by atoms with Crippen molar-refractivity contribution in [3.63, 3.8) is 0 Å². The number of hydrogen-bond acceptors (Lipinski definition) is 5. The minimum atomic E-state index is -0.209. The summed E-state index contributed by atoms with van der Waals surface area (Å²) >= 11 is 0. The van der Waals surface area contributed by atoms with Crippen molar-refractivity contribution in [1.82, 2.24) is 15.0 Å². The van der Waals surface area contributed by atoms with Crippen LogP contribution < -0.4 is 4.74 Å². The van der Waals surface area contributed by atoms with Crippen LogP contribution in [0.4, 0.5) is 0 Å². The molecule has 0 aliphatic carbocycles. The number of aromatic nitrogens is 1. The number of carbonyl (C=O) groups excluding carboxylic acids is 2. The predicted octanol–water partition coefficient (Wildman–Crippen LogP) is 1.51. The average molecular weight is 355 g/mol. The molecule has 0 fully saturated rings. The van der Waals surface area contributed by atoms with Crippen molar-refractivity contribution < 1.29 is 18.8 Å². The van der Waals surface area contributed by atoms with Gasteiger partial charge in [-0.1, -0.05) is 23.4 Å². The molecule has 0 N–H and O–H groups in total. The highest BCUT2D eigenvalue weighted by molar-refractivity contribution is 5.93. The van der Waals surface area contributed by atoms with Crippen LogP contribution in [0.3, 0.4) is 0 Å². The molecule has 0 saturated carbocycles. The molecule has 7 nitrogen and oxygen atoms in total. The number of nitrogens with zero attached hydrogens (tertiary/aromatic N) is 3. The van der Waals surface area contributed by atoms with E-state index < -0.39 is 0 Å². The zero-order valence-corrected chi connectivity index (χ0v) is 14.9. The largest absolute Gasteiger partial charge is 0.492 e. The number of amides is 2. The maximum Gasteiger partial charge on any atom is 0.275 e. The second kappa shape index (κ2) is 6.48. The normalized spacial score (nSPS) is 18.5. The standard InChI is InChI=1S/C19H21N3O4/c1-21(2)19(24)17-14-10-22(8-7-16(14)26-20-17)18(23)13-9-12-5-3-4-6-15(12)25-11-13/h3-6,13H,7-11H2,1-2H3/t13-/m0/s1. The van der Waals surface area contributed by atoms with Gasteiger partial charge in [0.2, 0.25) is 5.91 Å².